The van der Waals surface area contributed by atoms with Crippen LogP contribution in [0.3, 0.4) is 0 Å². The normalized spacial score (nSPS) is 12.4. The molecule has 0 radical (unpaired) electrons. The molecule has 1 amide bonds. The molecule has 0 bridgehead atoms. The Kier molecular flexibility index (Phi) is 6.39. The van der Waals surface area contributed by atoms with Gasteiger partial charge in [0.1, 0.15) is 0 Å². The predicted molar refractivity (Wildman–Crippen MR) is 73.4 cm³/mol. The fourth-order valence-corrected chi connectivity index (χ4v) is 1.76. The molecule has 0 saturated carbocycles. The molecule has 1 aromatic carbocycles. The van der Waals surface area contributed by atoms with Gasteiger partial charge in [-0.2, -0.15) is 0 Å². The summed E-state index contributed by atoms with van der Waals surface area (Å²) in [6, 6.07) is 9.31. The van der Waals surface area contributed by atoms with Crippen LogP contribution in [0.2, 0.25) is 0 Å². The van der Waals surface area contributed by atoms with E-state index >= 15 is 0 Å². The van der Waals surface area contributed by atoms with E-state index in [1.807, 2.05) is 30.3 Å². The van der Waals surface area contributed by atoms with Crippen molar-refractivity contribution in [2.24, 2.45) is 5.92 Å². The molecule has 4 heteroatoms. The molecular weight excluding hydrogens is 228 g/mol. The molecule has 1 aromatic rings. The minimum absolute atomic E-state index is 0.0217. The Morgan fingerprint density at radius 1 is 1.28 bits per heavy atom. The van der Waals surface area contributed by atoms with Crippen LogP contribution in [0.1, 0.15) is 20.3 Å². The summed E-state index contributed by atoms with van der Waals surface area (Å²) >= 11 is 0. The first-order valence-electron chi connectivity index (χ1n) is 6.31. The summed E-state index contributed by atoms with van der Waals surface area (Å²) in [6.07, 6.45) is 0.856. The average molecular weight is 250 g/mol. The first kappa shape index (κ1) is 14.7. The minimum atomic E-state index is -0.0941. The van der Waals surface area contributed by atoms with Gasteiger partial charge >= 0.3 is 0 Å². The molecular formula is C14H22N2O2. The first-order chi connectivity index (χ1) is 8.61. The average Bonchev–Trinajstić information content (AvgIpc) is 2.35. The number of aliphatic hydroxyl groups is 1. The fourth-order valence-electron chi connectivity index (χ4n) is 1.76. The zero-order chi connectivity index (χ0) is 13.4. The third-order valence-electron chi connectivity index (χ3n) is 2.59. The lowest BCUT2D eigenvalue weighted by Gasteiger charge is -2.17. The van der Waals surface area contributed by atoms with Crippen LogP contribution in [0.15, 0.2) is 30.3 Å². The van der Waals surface area contributed by atoms with E-state index in [-0.39, 0.29) is 25.1 Å². The SMILES string of the molecule is CC(C)CC(CO)NCC(=O)Nc1ccccc1. The maximum Gasteiger partial charge on any atom is 0.238 e. The van der Waals surface area contributed by atoms with E-state index in [0.717, 1.165) is 12.1 Å². The second-order valence-corrected chi connectivity index (χ2v) is 4.80. The molecule has 4 nitrogen and oxygen atoms in total. The van der Waals surface area contributed by atoms with E-state index in [9.17, 15) is 9.90 Å². The van der Waals surface area contributed by atoms with Crippen LogP contribution in [0, 0.1) is 5.92 Å². The number of nitrogens with one attached hydrogen (secondary N) is 2. The van der Waals surface area contributed by atoms with Gasteiger partial charge < -0.3 is 15.7 Å². The summed E-state index contributed by atoms with van der Waals surface area (Å²) in [5.74, 6) is 0.398. The molecule has 100 valence electrons. The summed E-state index contributed by atoms with van der Waals surface area (Å²) in [6.45, 7) is 4.45. The molecule has 3 N–H and O–H groups in total. The predicted octanol–water partition coefficient (Wildman–Crippen LogP) is 1.62. The number of para-hydroxylation sites is 1. The quantitative estimate of drug-likeness (QED) is 0.689. The largest absolute Gasteiger partial charge is 0.395 e. The highest BCUT2D eigenvalue weighted by atomic mass is 16.3. The van der Waals surface area contributed by atoms with Crippen molar-refractivity contribution < 1.29 is 9.90 Å². The topological polar surface area (TPSA) is 61.4 Å². The second-order valence-electron chi connectivity index (χ2n) is 4.80. The molecule has 0 aliphatic carbocycles. The van der Waals surface area contributed by atoms with Gasteiger partial charge in [-0.15, -0.1) is 0 Å². The fraction of sp³-hybridized carbons (Fsp3) is 0.500. The minimum Gasteiger partial charge on any atom is -0.395 e. The van der Waals surface area contributed by atoms with Crippen LogP contribution in [-0.4, -0.2) is 30.2 Å². The summed E-state index contributed by atoms with van der Waals surface area (Å²) in [5, 5.41) is 15.0. The van der Waals surface area contributed by atoms with Crippen molar-refractivity contribution in [1.82, 2.24) is 5.32 Å². The number of carbonyl (C=O) groups excluding carboxylic acids is 1. The van der Waals surface area contributed by atoms with Gasteiger partial charge in [0.2, 0.25) is 5.91 Å². The smallest absolute Gasteiger partial charge is 0.238 e. The molecule has 0 spiro atoms. The van der Waals surface area contributed by atoms with Crippen LogP contribution in [-0.2, 0) is 4.79 Å². The molecule has 0 heterocycles. The molecule has 0 aliphatic heterocycles. The third-order valence-corrected chi connectivity index (χ3v) is 2.59. The Balaban J connectivity index is 2.32. The first-order valence-corrected chi connectivity index (χ1v) is 6.31. The number of aliphatic hydroxyl groups excluding tert-OH is 1. The summed E-state index contributed by atoms with van der Waals surface area (Å²) < 4.78 is 0. The molecule has 0 saturated heterocycles. The highest BCUT2D eigenvalue weighted by Gasteiger charge is 2.11. The highest BCUT2D eigenvalue weighted by molar-refractivity contribution is 5.92. The number of anilines is 1. The van der Waals surface area contributed by atoms with E-state index in [4.69, 9.17) is 0 Å². The van der Waals surface area contributed by atoms with E-state index < -0.39 is 0 Å². The number of rotatable bonds is 7. The number of hydrogen-bond acceptors (Lipinski definition) is 3. The molecule has 0 fully saturated rings. The lowest BCUT2D eigenvalue weighted by atomic mass is 10.0. The van der Waals surface area contributed by atoms with Crippen molar-refractivity contribution in [2.75, 3.05) is 18.5 Å². The maximum atomic E-state index is 11.7. The highest BCUT2D eigenvalue weighted by Crippen LogP contribution is 2.05. The molecule has 1 atom stereocenters. The number of benzene rings is 1. The Morgan fingerprint density at radius 2 is 1.94 bits per heavy atom. The van der Waals surface area contributed by atoms with Crippen LogP contribution >= 0.6 is 0 Å². The molecule has 1 unspecified atom stereocenters. The Hall–Kier alpha value is -1.39. The van der Waals surface area contributed by atoms with Crippen molar-refractivity contribution >= 4 is 11.6 Å². The van der Waals surface area contributed by atoms with Crippen molar-refractivity contribution in [3.8, 4) is 0 Å². The maximum absolute atomic E-state index is 11.7. The number of carbonyl (C=O) groups is 1. The van der Waals surface area contributed by atoms with Crippen molar-refractivity contribution in [2.45, 2.75) is 26.3 Å². The molecule has 1 rings (SSSR count). The summed E-state index contributed by atoms with van der Waals surface area (Å²) in [5.41, 5.74) is 0.786. The Labute approximate surface area is 108 Å². The van der Waals surface area contributed by atoms with Crippen LogP contribution < -0.4 is 10.6 Å². The monoisotopic (exact) mass is 250 g/mol. The van der Waals surface area contributed by atoms with E-state index in [1.54, 1.807) is 0 Å². The van der Waals surface area contributed by atoms with Gasteiger partial charge in [0, 0.05) is 11.7 Å². The summed E-state index contributed by atoms with van der Waals surface area (Å²) in [4.78, 5) is 11.7. The van der Waals surface area contributed by atoms with Crippen LogP contribution in [0.4, 0.5) is 5.69 Å². The van der Waals surface area contributed by atoms with Gasteiger partial charge in [-0.3, -0.25) is 4.79 Å². The van der Waals surface area contributed by atoms with Crippen molar-refractivity contribution in [3.63, 3.8) is 0 Å². The van der Waals surface area contributed by atoms with E-state index in [0.29, 0.717) is 5.92 Å². The Bertz CT molecular complexity index is 352. The van der Waals surface area contributed by atoms with E-state index in [2.05, 4.69) is 24.5 Å². The number of hydrogen-bond donors (Lipinski definition) is 3. The van der Waals surface area contributed by atoms with E-state index in [1.165, 1.54) is 0 Å². The zero-order valence-corrected chi connectivity index (χ0v) is 11.0. The lowest BCUT2D eigenvalue weighted by molar-refractivity contribution is -0.115. The second kappa shape index (κ2) is 7.84. The van der Waals surface area contributed by atoms with Gasteiger partial charge in [0.05, 0.1) is 13.2 Å². The standard InChI is InChI=1S/C14H22N2O2/c1-11(2)8-13(10-17)15-9-14(18)16-12-6-4-3-5-7-12/h3-7,11,13,15,17H,8-10H2,1-2H3,(H,16,18). The lowest BCUT2D eigenvalue weighted by Crippen LogP contribution is -2.39. The van der Waals surface area contributed by atoms with Gasteiger partial charge in [0.15, 0.2) is 0 Å². The third kappa shape index (κ3) is 5.80. The molecule has 0 aliphatic rings. The molecule has 0 aromatic heterocycles. The zero-order valence-electron chi connectivity index (χ0n) is 11.0. The van der Waals surface area contributed by atoms with Crippen LogP contribution in [0.25, 0.3) is 0 Å². The van der Waals surface area contributed by atoms with Crippen LogP contribution in [0.5, 0.6) is 0 Å². The van der Waals surface area contributed by atoms with Gasteiger partial charge in [-0.05, 0) is 24.5 Å². The molecule has 18 heavy (non-hydrogen) atoms. The Morgan fingerprint density at radius 3 is 2.50 bits per heavy atom. The van der Waals surface area contributed by atoms with Gasteiger partial charge in [-0.25, -0.2) is 0 Å². The van der Waals surface area contributed by atoms with Gasteiger partial charge in [-0.1, -0.05) is 32.0 Å². The summed E-state index contributed by atoms with van der Waals surface area (Å²) in [7, 11) is 0. The number of amides is 1. The van der Waals surface area contributed by atoms with Crippen molar-refractivity contribution in [1.29, 1.82) is 0 Å². The van der Waals surface area contributed by atoms with Gasteiger partial charge in [0.25, 0.3) is 0 Å². The van der Waals surface area contributed by atoms with Crippen molar-refractivity contribution in [3.05, 3.63) is 30.3 Å².